The Morgan fingerprint density at radius 1 is 1.25 bits per heavy atom. The largest absolute Gasteiger partial charge is 0.379 e. The fourth-order valence-corrected chi connectivity index (χ4v) is 5.08. The molecule has 0 aliphatic heterocycles. The molecule has 150 valence electrons. The van der Waals surface area contributed by atoms with Crippen LogP contribution >= 0.6 is 0 Å². The first-order valence-electron chi connectivity index (χ1n) is 9.11. The minimum absolute atomic E-state index is 0.0653. The minimum Gasteiger partial charge on any atom is -0.379 e. The molecule has 11 nitrogen and oxygen atoms in total. The lowest BCUT2D eigenvalue weighted by Crippen LogP contribution is -2.40. The van der Waals surface area contributed by atoms with Crippen LogP contribution in [0.4, 0.5) is 5.82 Å². The van der Waals surface area contributed by atoms with Crippen LogP contribution in [0, 0.1) is 0 Å². The summed E-state index contributed by atoms with van der Waals surface area (Å²) in [6, 6.07) is -0.00984. The second-order valence-electron chi connectivity index (χ2n) is 6.92. The van der Waals surface area contributed by atoms with Gasteiger partial charge in [0.15, 0.2) is 17.3 Å². The Balaban J connectivity index is 1.79. The Labute approximate surface area is 161 Å². The maximum Gasteiger partial charge on any atom is 0.244 e. The van der Waals surface area contributed by atoms with Gasteiger partial charge in [0.1, 0.15) is 10.4 Å². The number of rotatable bonds is 5. The normalized spacial score (nSPS) is 20.6. The van der Waals surface area contributed by atoms with Gasteiger partial charge in [0, 0.05) is 24.8 Å². The van der Waals surface area contributed by atoms with Crippen molar-refractivity contribution in [2.45, 2.75) is 56.1 Å². The average molecular weight is 406 g/mol. The van der Waals surface area contributed by atoms with Crippen molar-refractivity contribution in [3.05, 3.63) is 12.4 Å². The molecule has 1 saturated carbocycles. The van der Waals surface area contributed by atoms with Crippen molar-refractivity contribution >= 4 is 26.9 Å². The number of imidazole rings is 1. The lowest BCUT2D eigenvalue weighted by molar-refractivity contribution is 0.310. The number of anilines is 1. The molecule has 0 aromatic carbocycles. The van der Waals surface area contributed by atoms with Gasteiger partial charge in [0.05, 0.1) is 11.7 Å². The second-order valence-corrected chi connectivity index (χ2v) is 8.60. The number of sulfonamides is 1. The zero-order valence-electron chi connectivity index (χ0n) is 15.4. The Kier molecular flexibility index (Phi) is 4.77. The third-order valence-corrected chi connectivity index (χ3v) is 6.56. The summed E-state index contributed by atoms with van der Waals surface area (Å²) in [6.45, 7) is 2.32. The molecule has 0 unspecified atom stereocenters. The molecule has 3 aromatic heterocycles. The smallest absolute Gasteiger partial charge is 0.244 e. The monoisotopic (exact) mass is 406 g/mol. The molecule has 1 fully saturated rings. The number of hydrogen-bond acceptors (Lipinski definition) is 9. The van der Waals surface area contributed by atoms with Crippen LogP contribution in [0.15, 0.2) is 21.9 Å². The number of nitrogens with one attached hydrogen (secondary N) is 1. The van der Waals surface area contributed by atoms with Crippen molar-refractivity contribution in [2.75, 3.05) is 5.73 Å². The predicted molar refractivity (Wildman–Crippen MR) is 101 cm³/mol. The molecule has 0 amide bonds. The number of aryl methyl sites for hydroxylation is 1. The van der Waals surface area contributed by atoms with Crippen LogP contribution in [0.1, 0.15) is 32.6 Å². The first-order chi connectivity index (χ1) is 13.4. The SMILES string of the molecule is CCn1c(-c2nonc2N)nc2cncc(S(=O)(=O)N[C@H]3CC[C@H](N)CC3)c21. The lowest BCUT2D eigenvalue weighted by atomic mass is 9.93. The van der Waals surface area contributed by atoms with Crippen molar-refractivity contribution < 1.29 is 13.0 Å². The van der Waals surface area contributed by atoms with Gasteiger partial charge in [-0.1, -0.05) is 0 Å². The fourth-order valence-electron chi connectivity index (χ4n) is 3.61. The van der Waals surface area contributed by atoms with E-state index in [0.29, 0.717) is 36.2 Å². The van der Waals surface area contributed by atoms with Gasteiger partial charge in [-0.2, -0.15) is 0 Å². The molecule has 0 radical (unpaired) electrons. The van der Waals surface area contributed by atoms with Crippen molar-refractivity contribution in [1.29, 1.82) is 0 Å². The highest BCUT2D eigenvalue weighted by Crippen LogP contribution is 2.30. The van der Waals surface area contributed by atoms with E-state index in [1.165, 1.54) is 12.4 Å². The van der Waals surface area contributed by atoms with E-state index in [-0.39, 0.29) is 28.5 Å². The van der Waals surface area contributed by atoms with Crippen LogP contribution in [0.25, 0.3) is 22.6 Å². The topological polar surface area (TPSA) is 168 Å². The molecule has 0 atom stereocenters. The van der Waals surface area contributed by atoms with Gasteiger partial charge in [-0.3, -0.25) is 4.98 Å². The number of nitrogens with two attached hydrogens (primary N) is 2. The maximum atomic E-state index is 13.1. The van der Waals surface area contributed by atoms with Gasteiger partial charge < -0.3 is 16.0 Å². The quantitative estimate of drug-likeness (QED) is 0.550. The Bertz CT molecular complexity index is 1100. The molecule has 3 heterocycles. The third-order valence-electron chi connectivity index (χ3n) is 5.04. The maximum absolute atomic E-state index is 13.1. The number of nitrogens with zero attached hydrogens (tertiary/aromatic N) is 5. The summed E-state index contributed by atoms with van der Waals surface area (Å²) in [5, 5.41) is 7.37. The molecule has 4 rings (SSSR count). The van der Waals surface area contributed by atoms with E-state index in [9.17, 15) is 8.42 Å². The second kappa shape index (κ2) is 7.11. The van der Waals surface area contributed by atoms with E-state index in [1.807, 2.05) is 6.92 Å². The third kappa shape index (κ3) is 3.23. The van der Waals surface area contributed by atoms with Crippen LogP contribution < -0.4 is 16.2 Å². The van der Waals surface area contributed by atoms with E-state index < -0.39 is 10.0 Å². The van der Waals surface area contributed by atoms with Crippen molar-refractivity contribution in [1.82, 2.24) is 29.6 Å². The number of hydrogen-bond donors (Lipinski definition) is 3. The molecule has 5 N–H and O–H groups in total. The summed E-state index contributed by atoms with van der Waals surface area (Å²) in [5.41, 5.74) is 12.8. The molecule has 0 spiro atoms. The average Bonchev–Trinajstić information content (AvgIpc) is 3.25. The number of aromatic nitrogens is 5. The molecule has 28 heavy (non-hydrogen) atoms. The molecular weight excluding hydrogens is 384 g/mol. The highest BCUT2D eigenvalue weighted by molar-refractivity contribution is 7.89. The van der Waals surface area contributed by atoms with Crippen LogP contribution in [0.3, 0.4) is 0 Å². The van der Waals surface area contributed by atoms with E-state index in [4.69, 9.17) is 11.5 Å². The fraction of sp³-hybridized carbons (Fsp3) is 0.500. The first kappa shape index (κ1) is 18.8. The van der Waals surface area contributed by atoms with Gasteiger partial charge in [-0.05, 0) is 42.9 Å². The first-order valence-corrected chi connectivity index (χ1v) is 10.6. The van der Waals surface area contributed by atoms with Crippen molar-refractivity contribution in [2.24, 2.45) is 5.73 Å². The van der Waals surface area contributed by atoms with Gasteiger partial charge in [0.2, 0.25) is 10.0 Å². The molecule has 3 aromatic rings. The standard InChI is InChI=1S/C16H22N8O3S/c1-2-24-14-11(20-16(24)13-15(18)22-27-21-13)7-19-8-12(14)28(25,26)23-10-5-3-9(17)4-6-10/h7-10,23H,2-6,17H2,1H3,(H2,18,22)/t9-,10-. The van der Waals surface area contributed by atoms with Gasteiger partial charge in [-0.25, -0.2) is 22.8 Å². The summed E-state index contributed by atoms with van der Waals surface area (Å²) < 4.78 is 35.4. The van der Waals surface area contributed by atoms with Gasteiger partial charge in [-0.15, -0.1) is 0 Å². The van der Waals surface area contributed by atoms with Crippen LogP contribution in [-0.2, 0) is 16.6 Å². The Morgan fingerprint density at radius 3 is 2.64 bits per heavy atom. The highest BCUT2D eigenvalue weighted by atomic mass is 32.2. The number of pyridine rings is 1. The van der Waals surface area contributed by atoms with E-state index in [2.05, 4.69) is 29.6 Å². The Morgan fingerprint density at radius 2 is 2.00 bits per heavy atom. The lowest BCUT2D eigenvalue weighted by Gasteiger charge is -2.26. The summed E-state index contributed by atoms with van der Waals surface area (Å²) in [7, 11) is -3.81. The number of fused-ring (bicyclic) bond motifs is 1. The summed E-state index contributed by atoms with van der Waals surface area (Å²) in [5.74, 6) is 0.461. The van der Waals surface area contributed by atoms with E-state index in [0.717, 1.165) is 12.8 Å². The van der Waals surface area contributed by atoms with Crippen LogP contribution in [0.5, 0.6) is 0 Å². The van der Waals surface area contributed by atoms with Gasteiger partial charge >= 0.3 is 0 Å². The summed E-state index contributed by atoms with van der Waals surface area (Å²) >= 11 is 0. The summed E-state index contributed by atoms with van der Waals surface area (Å²) in [6.07, 6.45) is 5.86. The van der Waals surface area contributed by atoms with Crippen molar-refractivity contribution in [3.63, 3.8) is 0 Å². The minimum atomic E-state index is -3.81. The molecule has 0 bridgehead atoms. The van der Waals surface area contributed by atoms with Gasteiger partial charge in [0.25, 0.3) is 0 Å². The van der Waals surface area contributed by atoms with Crippen molar-refractivity contribution in [3.8, 4) is 11.5 Å². The van der Waals surface area contributed by atoms with E-state index in [1.54, 1.807) is 4.57 Å². The van der Waals surface area contributed by atoms with E-state index >= 15 is 0 Å². The molecule has 0 saturated heterocycles. The van der Waals surface area contributed by atoms with Crippen LogP contribution in [-0.4, -0.2) is 45.3 Å². The molecule has 1 aliphatic rings. The predicted octanol–water partition coefficient (Wildman–Crippen LogP) is 0.632. The zero-order valence-corrected chi connectivity index (χ0v) is 16.2. The highest BCUT2D eigenvalue weighted by Gasteiger charge is 2.29. The molecule has 12 heteroatoms. The Hall–Kier alpha value is -2.57. The number of nitrogen functional groups attached to an aromatic ring is 1. The molecule has 1 aliphatic carbocycles. The molecular formula is C16H22N8O3S. The zero-order chi connectivity index (χ0) is 19.9. The van der Waals surface area contributed by atoms with Crippen LogP contribution in [0.2, 0.25) is 0 Å². The summed E-state index contributed by atoms with van der Waals surface area (Å²) in [4.78, 5) is 8.60.